The monoisotopic (exact) mass is 423 g/mol. The van der Waals surface area contributed by atoms with Crippen molar-refractivity contribution < 1.29 is 9.47 Å². The van der Waals surface area contributed by atoms with E-state index in [2.05, 4.69) is 54.5 Å². The molecule has 0 unspecified atom stereocenters. The van der Waals surface area contributed by atoms with Crippen LogP contribution in [0.3, 0.4) is 0 Å². The predicted molar refractivity (Wildman–Crippen MR) is 126 cm³/mol. The molecule has 0 fully saturated rings. The molecule has 3 aromatic rings. The summed E-state index contributed by atoms with van der Waals surface area (Å²) in [6, 6.07) is 12.2. The van der Waals surface area contributed by atoms with Gasteiger partial charge in [-0.25, -0.2) is 4.98 Å². The number of anilines is 1. The van der Waals surface area contributed by atoms with E-state index in [1.54, 1.807) is 13.3 Å². The van der Waals surface area contributed by atoms with Gasteiger partial charge < -0.3 is 9.47 Å². The summed E-state index contributed by atoms with van der Waals surface area (Å²) in [5.41, 5.74) is 8.55. The molecule has 5 nitrogen and oxygen atoms in total. The van der Waals surface area contributed by atoms with Crippen molar-refractivity contribution in [2.45, 2.75) is 40.0 Å². The smallest absolute Gasteiger partial charge is 0.203 e. The fraction of sp³-hybridized carbons (Fsp3) is 0.333. The Hall–Kier alpha value is -2.86. The van der Waals surface area contributed by atoms with Crippen LogP contribution in [-0.2, 0) is 0 Å². The number of nitrogens with zero attached hydrogens (tertiary/aromatic N) is 2. The zero-order valence-electron chi connectivity index (χ0n) is 18.1. The minimum absolute atomic E-state index is 0.700. The number of aromatic nitrogens is 1. The molecular weight excluding hydrogens is 394 g/mol. The van der Waals surface area contributed by atoms with Gasteiger partial charge in [0.05, 0.1) is 25.6 Å². The third-order valence-electron chi connectivity index (χ3n) is 4.87. The lowest BCUT2D eigenvalue weighted by Crippen LogP contribution is -2.00. The Balaban J connectivity index is 1.61. The molecule has 0 aliphatic heterocycles. The van der Waals surface area contributed by atoms with E-state index in [1.165, 1.54) is 35.3 Å². The largest absolute Gasteiger partial charge is 0.493 e. The van der Waals surface area contributed by atoms with Crippen molar-refractivity contribution >= 4 is 22.7 Å². The number of methoxy groups -OCH3 is 1. The second-order valence-electron chi connectivity index (χ2n) is 7.17. The van der Waals surface area contributed by atoms with Crippen molar-refractivity contribution in [2.75, 3.05) is 19.1 Å². The van der Waals surface area contributed by atoms with Gasteiger partial charge >= 0.3 is 0 Å². The first-order chi connectivity index (χ1) is 14.6. The number of unbranched alkanes of at least 4 members (excludes halogenated alkanes) is 2. The molecule has 1 N–H and O–H groups in total. The first-order valence-corrected chi connectivity index (χ1v) is 11.1. The number of hydrogen-bond donors (Lipinski definition) is 1. The number of nitrogens with one attached hydrogen (secondary N) is 1. The molecule has 158 valence electrons. The normalized spacial score (nSPS) is 11.1. The number of ether oxygens (including phenoxy) is 2. The number of hydrogen-bond acceptors (Lipinski definition) is 6. The highest BCUT2D eigenvalue weighted by atomic mass is 32.1. The molecule has 0 saturated heterocycles. The van der Waals surface area contributed by atoms with Crippen LogP contribution < -0.4 is 14.9 Å². The third-order valence-corrected chi connectivity index (χ3v) is 5.62. The SMILES string of the molecule is CCCCCOc1ccc(/C=N\Nc2nc(-c3ccc(C)c(C)c3)cs2)cc1OC. The van der Waals surface area contributed by atoms with E-state index in [4.69, 9.17) is 9.47 Å². The lowest BCUT2D eigenvalue weighted by atomic mass is 10.1. The van der Waals surface area contributed by atoms with Gasteiger partial charge in [0.2, 0.25) is 5.13 Å². The highest BCUT2D eigenvalue weighted by Gasteiger charge is 2.06. The van der Waals surface area contributed by atoms with Gasteiger partial charge in [-0.2, -0.15) is 5.10 Å². The molecule has 6 heteroatoms. The Bertz CT molecular complexity index is 998. The average Bonchev–Trinajstić information content (AvgIpc) is 3.22. The Morgan fingerprint density at radius 1 is 1.07 bits per heavy atom. The molecule has 0 aliphatic rings. The Morgan fingerprint density at radius 2 is 1.93 bits per heavy atom. The Kier molecular flexibility index (Phi) is 7.85. The van der Waals surface area contributed by atoms with Gasteiger partial charge in [-0.1, -0.05) is 31.9 Å². The number of thiazole rings is 1. The quantitative estimate of drug-likeness (QED) is 0.231. The first kappa shape index (κ1) is 21.8. The molecule has 0 saturated carbocycles. The fourth-order valence-corrected chi connectivity index (χ4v) is 3.61. The zero-order valence-corrected chi connectivity index (χ0v) is 18.9. The number of hydrazone groups is 1. The van der Waals surface area contributed by atoms with Crippen molar-refractivity contribution in [3.05, 3.63) is 58.5 Å². The van der Waals surface area contributed by atoms with Crippen molar-refractivity contribution in [3.63, 3.8) is 0 Å². The third kappa shape index (κ3) is 5.83. The second kappa shape index (κ2) is 10.8. The molecule has 0 amide bonds. The molecule has 0 spiro atoms. The van der Waals surface area contributed by atoms with E-state index in [1.807, 2.05) is 23.6 Å². The summed E-state index contributed by atoms with van der Waals surface area (Å²) >= 11 is 1.53. The van der Waals surface area contributed by atoms with Crippen LogP contribution in [0.2, 0.25) is 0 Å². The minimum atomic E-state index is 0.700. The Labute approximate surface area is 182 Å². The van der Waals surface area contributed by atoms with Crippen molar-refractivity contribution in [1.82, 2.24) is 4.98 Å². The molecule has 1 heterocycles. The lowest BCUT2D eigenvalue weighted by Gasteiger charge is -2.11. The molecule has 0 aliphatic carbocycles. The molecule has 2 aromatic carbocycles. The van der Waals surface area contributed by atoms with Crippen molar-refractivity contribution in [2.24, 2.45) is 5.10 Å². The van der Waals surface area contributed by atoms with E-state index in [0.29, 0.717) is 12.4 Å². The molecule has 0 radical (unpaired) electrons. The van der Waals surface area contributed by atoms with Crippen LogP contribution in [0.4, 0.5) is 5.13 Å². The topological polar surface area (TPSA) is 55.7 Å². The molecule has 30 heavy (non-hydrogen) atoms. The highest BCUT2D eigenvalue weighted by Crippen LogP contribution is 2.28. The Morgan fingerprint density at radius 3 is 2.70 bits per heavy atom. The number of aryl methyl sites for hydroxylation is 2. The van der Waals surface area contributed by atoms with E-state index in [9.17, 15) is 0 Å². The molecule has 0 bridgehead atoms. The summed E-state index contributed by atoms with van der Waals surface area (Å²) in [5.74, 6) is 1.47. The van der Waals surface area contributed by atoms with Crippen LogP contribution in [0.25, 0.3) is 11.3 Å². The van der Waals surface area contributed by atoms with E-state index in [0.717, 1.165) is 34.1 Å². The van der Waals surface area contributed by atoms with Crippen molar-refractivity contribution in [3.8, 4) is 22.8 Å². The van der Waals surface area contributed by atoms with E-state index < -0.39 is 0 Å². The van der Waals surface area contributed by atoms with Crippen LogP contribution in [0.15, 0.2) is 46.9 Å². The summed E-state index contributed by atoms with van der Waals surface area (Å²) in [4.78, 5) is 4.63. The maximum atomic E-state index is 5.83. The first-order valence-electron chi connectivity index (χ1n) is 10.2. The molecule has 0 atom stereocenters. The standard InChI is InChI=1S/C24H29N3O2S/c1-5-6-7-12-29-22-11-9-19(14-23(22)28-4)15-25-27-24-26-21(16-30-24)20-10-8-17(2)18(3)13-20/h8-11,13-16H,5-7,12H2,1-4H3,(H,26,27)/b25-15-. The molecule has 1 aromatic heterocycles. The van der Waals surface area contributed by atoms with E-state index >= 15 is 0 Å². The highest BCUT2D eigenvalue weighted by molar-refractivity contribution is 7.14. The summed E-state index contributed by atoms with van der Waals surface area (Å²) in [7, 11) is 1.65. The van der Waals surface area contributed by atoms with Crippen LogP contribution in [0.1, 0.15) is 42.9 Å². The van der Waals surface area contributed by atoms with Crippen molar-refractivity contribution in [1.29, 1.82) is 0 Å². The zero-order chi connectivity index (χ0) is 21.3. The maximum absolute atomic E-state index is 5.83. The second-order valence-corrected chi connectivity index (χ2v) is 8.03. The van der Waals surface area contributed by atoms with Gasteiger partial charge in [0.1, 0.15) is 0 Å². The summed E-state index contributed by atoms with van der Waals surface area (Å²) < 4.78 is 11.3. The van der Waals surface area contributed by atoms with Gasteiger partial charge in [0, 0.05) is 10.9 Å². The maximum Gasteiger partial charge on any atom is 0.203 e. The summed E-state index contributed by atoms with van der Waals surface area (Å²) in [6.45, 7) is 7.11. The van der Waals surface area contributed by atoms with Crippen LogP contribution in [0.5, 0.6) is 11.5 Å². The summed E-state index contributed by atoms with van der Waals surface area (Å²) in [6.07, 6.45) is 5.14. The van der Waals surface area contributed by atoms with Crippen LogP contribution >= 0.6 is 11.3 Å². The van der Waals surface area contributed by atoms with Gasteiger partial charge in [-0.3, -0.25) is 5.43 Å². The molecule has 3 rings (SSSR count). The number of rotatable bonds is 10. The van der Waals surface area contributed by atoms with E-state index in [-0.39, 0.29) is 0 Å². The fourth-order valence-electron chi connectivity index (χ4n) is 2.94. The number of benzene rings is 2. The van der Waals surface area contributed by atoms with Gasteiger partial charge in [-0.15, -0.1) is 11.3 Å². The molecular formula is C24H29N3O2S. The van der Waals surface area contributed by atoms with Gasteiger partial charge in [0.25, 0.3) is 0 Å². The predicted octanol–water partition coefficient (Wildman–Crippen LogP) is 6.45. The van der Waals surface area contributed by atoms with Gasteiger partial charge in [0.15, 0.2) is 11.5 Å². The van der Waals surface area contributed by atoms with Crippen LogP contribution in [-0.4, -0.2) is 24.9 Å². The minimum Gasteiger partial charge on any atom is -0.493 e. The lowest BCUT2D eigenvalue weighted by molar-refractivity contribution is 0.286. The van der Waals surface area contributed by atoms with Gasteiger partial charge in [-0.05, 0) is 61.2 Å². The average molecular weight is 424 g/mol. The van der Waals surface area contributed by atoms with Crippen LogP contribution in [0, 0.1) is 13.8 Å². The summed E-state index contributed by atoms with van der Waals surface area (Å²) in [5, 5.41) is 7.11.